The summed E-state index contributed by atoms with van der Waals surface area (Å²) < 4.78 is 20.6. The fraction of sp³-hybridized carbons (Fsp3) is 0.200. The van der Waals surface area contributed by atoms with Crippen LogP contribution in [-0.2, 0) is 6.42 Å². The third-order valence-corrected chi connectivity index (χ3v) is 2.62. The molecule has 0 radical (unpaired) electrons. The lowest BCUT2D eigenvalue weighted by atomic mass is 10.0. The van der Waals surface area contributed by atoms with E-state index >= 15 is 0 Å². The molecule has 0 aliphatic rings. The second-order valence-electron chi connectivity index (χ2n) is 3.27. The standard InChI is InChI=1S/C10H10FN3S/c11-8-3-1-7(2-4-8)5-9(12)10-6-13-15-14-10/h1-4,6,9H,5,12H2. The van der Waals surface area contributed by atoms with E-state index in [1.807, 2.05) is 0 Å². The van der Waals surface area contributed by atoms with Crippen molar-refractivity contribution < 1.29 is 4.39 Å². The number of benzene rings is 1. The van der Waals surface area contributed by atoms with Crippen molar-refractivity contribution in [3.63, 3.8) is 0 Å². The highest BCUT2D eigenvalue weighted by Gasteiger charge is 2.09. The normalized spacial score (nSPS) is 12.7. The lowest BCUT2D eigenvalue weighted by molar-refractivity contribution is 0.625. The van der Waals surface area contributed by atoms with Gasteiger partial charge in [0.15, 0.2) is 0 Å². The first kappa shape index (κ1) is 10.2. The lowest BCUT2D eigenvalue weighted by Crippen LogP contribution is -2.13. The van der Waals surface area contributed by atoms with Gasteiger partial charge in [-0.3, -0.25) is 0 Å². The van der Waals surface area contributed by atoms with Gasteiger partial charge in [0.1, 0.15) is 5.82 Å². The van der Waals surface area contributed by atoms with E-state index in [4.69, 9.17) is 5.73 Å². The minimum absolute atomic E-state index is 0.172. The summed E-state index contributed by atoms with van der Waals surface area (Å²) in [6.07, 6.45) is 2.31. The highest BCUT2D eigenvalue weighted by atomic mass is 32.1. The number of nitrogens with two attached hydrogens (primary N) is 1. The molecule has 0 saturated heterocycles. The monoisotopic (exact) mass is 223 g/mol. The van der Waals surface area contributed by atoms with Crippen LogP contribution in [0.15, 0.2) is 30.5 Å². The summed E-state index contributed by atoms with van der Waals surface area (Å²) in [7, 11) is 0. The third-order valence-electron chi connectivity index (χ3n) is 2.13. The maximum absolute atomic E-state index is 12.6. The van der Waals surface area contributed by atoms with Gasteiger partial charge in [-0.25, -0.2) is 4.39 Å². The quantitative estimate of drug-likeness (QED) is 0.864. The topological polar surface area (TPSA) is 51.8 Å². The zero-order chi connectivity index (χ0) is 10.7. The van der Waals surface area contributed by atoms with Crippen molar-refractivity contribution >= 4 is 11.7 Å². The van der Waals surface area contributed by atoms with E-state index in [1.165, 1.54) is 12.1 Å². The zero-order valence-corrected chi connectivity index (χ0v) is 8.75. The van der Waals surface area contributed by atoms with Crippen LogP contribution >= 0.6 is 11.7 Å². The van der Waals surface area contributed by atoms with Crippen molar-refractivity contribution in [2.24, 2.45) is 5.73 Å². The van der Waals surface area contributed by atoms with Gasteiger partial charge in [0, 0.05) is 0 Å². The molecule has 2 rings (SSSR count). The first-order valence-electron chi connectivity index (χ1n) is 4.53. The Hall–Kier alpha value is -1.33. The predicted molar refractivity (Wildman–Crippen MR) is 56.9 cm³/mol. The smallest absolute Gasteiger partial charge is 0.123 e. The highest BCUT2D eigenvalue weighted by Crippen LogP contribution is 2.14. The molecule has 1 atom stereocenters. The van der Waals surface area contributed by atoms with E-state index in [9.17, 15) is 4.39 Å². The average molecular weight is 223 g/mol. The Balaban J connectivity index is 2.06. The van der Waals surface area contributed by atoms with Gasteiger partial charge in [0.05, 0.1) is 29.7 Å². The molecule has 3 nitrogen and oxygen atoms in total. The summed E-state index contributed by atoms with van der Waals surface area (Å²) >= 11 is 1.14. The Morgan fingerprint density at radius 3 is 2.67 bits per heavy atom. The fourth-order valence-corrected chi connectivity index (χ4v) is 1.79. The predicted octanol–water partition coefficient (Wildman–Crippen LogP) is 1.92. The van der Waals surface area contributed by atoms with Crippen molar-refractivity contribution in [3.8, 4) is 0 Å². The molecule has 2 N–H and O–H groups in total. The Morgan fingerprint density at radius 1 is 1.33 bits per heavy atom. The Morgan fingerprint density at radius 2 is 2.07 bits per heavy atom. The highest BCUT2D eigenvalue weighted by molar-refractivity contribution is 6.99. The second kappa shape index (κ2) is 4.46. The first-order chi connectivity index (χ1) is 7.25. The fourth-order valence-electron chi connectivity index (χ4n) is 1.31. The van der Waals surface area contributed by atoms with Crippen molar-refractivity contribution in [3.05, 3.63) is 47.5 Å². The molecule has 0 fully saturated rings. The largest absolute Gasteiger partial charge is 0.322 e. The Bertz CT molecular complexity index is 413. The molecule has 1 unspecified atom stereocenters. The van der Waals surface area contributed by atoms with E-state index in [-0.39, 0.29) is 11.9 Å². The number of aromatic nitrogens is 2. The van der Waals surface area contributed by atoms with Crippen LogP contribution < -0.4 is 5.73 Å². The van der Waals surface area contributed by atoms with Crippen molar-refractivity contribution in [1.82, 2.24) is 8.75 Å². The van der Waals surface area contributed by atoms with Crippen LogP contribution in [0.4, 0.5) is 4.39 Å². The summed E-state index contributed by atoms with van der Waals surface area (Å²) in [6, 6.07) is 6.15. The number of rotatable bonds is 3. The third kappa shape index (κ3) is 2.57. The van der Waals surface area contributed by atoms with Crippen LogP contribution in [0.5, 0.6) is 0 Å². The Labute approximate surface area is 91.1 Å². The van der Waals surface area contributed by atoms with Gasteiger partial charge in [-0.1, -0.05) is 12.1 Å². The van der Waals surface area contributed by atoms with Gasteiger partial charge in [-0.2, -0.15) is 8.75 Å². The molecule has 15 heavy (non-hydrogen) atoms. The van der Waals surface area contributed by atoms with Gasteiger partial charge in [-0.05, 0) is 24.1 Å². The summed E-state index contributed by atoms with van der Waals surface area (Å²) in [5.74, 6) is -0.234. The van der Waals surface area contributed by atoms with Crippen LogP contribution in [0.3, 0.4) is 0 Å². The van der Waals surface area contributed by atoms with Gasteiger partial charge in [0.2, 0.25) is 0 Å². The number of hydrogen-bond donors (Lipinski definition) is 1. The lowest BCUT2D eigenvalue weighted by Gasteiger charge is -2.07. The second-order valence-corrected chi connectivity index (χ2v) is 3.83. The van der Waals surface area contributed by atoms with Crippen LogP contribution in [0.25, 0.3) is 0 Å². The molecule has 0 amide bonds. The molecule has 0 aliphatic carbocycles. The molecule has 2 aromatic rings. The molecule has 1 heterocycles. The first-order valence-corrected chi connectivity index (χ1v) is 5.26. The summed E-state index contributed by atoms with van der Waals surface area (Å²) in [5, 5.41) is 0. The van der Waals surface area contributed by atoms with Crippen LogP contribution in [0.1, 0.15) is 17.3 Å². The van der Waals surface area contributed by atoms with Crippen molar-refractivity contribution in [1.29, 1.82) is 0 Å². The number of halogens is 1. The summed E-state index contributed by atoms with van der Waals surface area (Å²) in [4.78, 5) is 0. The van der Waals surface area contributed by atoms with Crippen molar-refractivity contribution in [2.45, 2.75) is 12.5 Å². The average Bonchev–Trinajstić information content (AvgIpc) is 2.74. The molecule has 0 spiro atoms. The summed E-state index contributed by atoms with van der Waals surface area (Å²) in [6.45, 7) is 0. The minimum atomic E-state index is -0.234. The molecule has 0 aliphatic heterocycles. The molecule has 78 valence electrons. The molecular weight excluding hydrogens is 213 g/mol. The molecular formula is C10H10FN3S. The number of hydrogen-bond acceptors (Lipinski definition) is 4. The maximum Gasteiger partial charge on any atom is 0.123 e. The van der Waals surface area contributed by atoms with Gasteiger partial charge < -0.3 is 5.73 Å². The minimum Gasteiger partial charge on any atom is -0.322 e. The van der Waals surface area contributed by atoms with Gasteiger partial charge in [-0.15, -0.1) is 0 Å². The molecule has 0 saturated carbocycles. The van der Waals surface area contributed by atoms with Crippen LogP contribution in [-0.4, -0.2) is 8.75 Å². The number of nitrogens with zero attached hydrogens (tertiary/aromatic N) is 2. The van der Waals surface area contributed by atoms with Gasteiger partial charge >= 0.3 is 0 Å². The molecule has 1 aromatic heterocycles. The van der Waals surface area contributed by atoms with Crippen LogP contribution in [0.2, 0.25) is 0 Å². The van der Waals surface area contributed by atoms with E-state index in [0.29, 0.717) is 6.42 Å². The SMILES string of the molecule is NC(Cc1ccc(F)cc1)c1cnsn1. The van der Waals surface area contributed by atoms with Crippen molar-refractivity contribution in [2.75, 3.05) is 0 Å². The molecule has 0 bridgehead atoms. The van der Waals surface area contributed by atoms with Crippen LogP contribution in [0, 0.1) is 5.82 Å². The Kier molecular flexibility index (Phi) is 3.03. The zero-order valence-electron chi connectivity index (χ0n) is 7.93. The molecule has 1 aromatic carbocycles. The van der Waals surface area contributed by atoms with E-state index in [1.54, 1.807) is 18.3 Å². The summed E-state index contributed by atoms with van der Waals surface area (Å²) in [5.41, 5.74) is 7.70. The van der Waals surface area contributed by atoms with E-state index in [2.05, 4.69) is 8.75 Å². The molecule has 5 heteroatoms. The van der Waals surface area contributed by atoms with E-state index < -0.39 is 0 Å². The van der Waals surface area contributed by atoms with E-state index in [0.717, 1.165) is 23.0 Å². The van der Waals surface area contributed by atoms with Gasteiger partial charge in [0.25, 0.3) is 0 Å². The maximum atomic E-state index is 12.6.